The Kier molecular flexibility index (Phi) is 2.45. The fourth-order valence-electron chi connectivity index (χ4n) is 2.09. The van der Waals surface area contributed by atoms with Gasteiger partial charge in [-0.05, 0) is 17.7 Å². The largest absolute Gasteiger partial charge is 0.507 e. The van der Waals surface area contributed by atoms with E-state index >= 15 is 0 Å². The smallest absolute Gasteiger partial charge is 0.179 e. The number of hydrogen-bond acceptors (Lipinski definition) is 3. The van der Waals surface area contributed by atoms with Crippen LogP contribution in [0, 0.1) is 0 Å². The SMILES string of the molecule is COc1cc(-c2ccccc2)c(O)c2ccoc12. The molecule has 3 rings (SSSR count). The Labute approximate surface area is 104 Å². The topological polar surface area (TPSA) is 42.6 Å². The zero-order valence-corrected chi connectivity index (χ0v) is 9.88. The van der Waals surface area contributed by atoms with E-state index in [9.17, 15) is 5.11 Å². The van der Waals surface area contributed by atoms with Gasteiger partial charge in [0.2, 0.25) is 0 Å². The molecule has 0 spiro atoms. The second-order valence-electron chi connectivity index (χ2n) is 4.00. The van der Waals surface area contributed by atoms with Crippen molar-refractivity contribution in [1.29, 1.82) is 0 Å². The fraction of sp³-hybridized carbons (Fsp3) is 0.0667. The minimum absolute atomic E-state index is 0.214. The second kappa shape index (κ2) is 4.11. The van der Waals surface area contributed by atoms with Crippen molar-refractivity contribution in [3.05, 3.63) is 48.7 Å². The van der Waals surface area contributed by atoms with Gasteiger partial charge in [-0.25, -0.2) is 0 Å². The van der Waals surface area contributed by atoms with Crippen molar-refractivity contribution < 1.29 is 14.3 Å². The Balaban J connectivity index is 2.33. The van der Waals surface area contributed by atoms with Gasteiger partial charge in [-0.15, -0.1) is 0 Å². The maximum Gasteiger partial charge on any atom is 0.179 e. The quantitative estimate of drug-likeness (QED) is 0.740. The molecule has 0 aliphatic rings. The van der Waals surface area contributed by atoms with Gasteiger partial charge in [0.05, 0.1) is 18.8 Å². The molecule has 1 aromatic heterocycles. The molecule has 0 atom stereocenters. The Morgan fingerprint density at radius 2 is 1.89 bits per heavy atom. The monoisotopic (exact) mass is 240 g/mol. The van der Waals surface area contributed by atoms with Crippen LogP contribution in [0.4, 0.5) is 0 Å². The molecule has 0 saturated carbocycles. The molecular weight excluding hydrogens is 228 g/mol. The Hall–Kier alpha value is -2.42. The van der Waals surface area contributed by atoms with Crippen molar-refractivity contribution in [2.75, 3.05) is 7.11 Å². The minimum Gasteiger partial charge on any atom is -0.507 e. The van der Waals surface area contributed by atoms with Crippen LogP contribution >= 0.6 is 0 Å². The van der Waals surface area contributed by atoms with Crippen LogP contribution in [0.25, 0.3) is 22.1 Å². The number of ether oxygens (including phenoxy) is 1. The van der Waals surface area contributed by atoms with Gasteiger partial charge >= 0.3 is 0 Å². The molecule has 3 heteroatoms. The second-order valence-corrected chi connectivity index (χ2v) is 4.00. The highest BCUT2D eigenvalue weighted by molar-refractivity contribution is 5.95. The molecule has 0 fully saturated rings. The maximum absolute atomic E-state index is 10.3. The molecule has 3 aromatic rings. The number of methoxy groups -OCH3 is 1. The summed E-state index contributed by atoms with van der Waals surface area (Å²) in [6.07, 6.45) is 1.54. The highest BCUT2D eigenvalue weighted by Crippen LogP contribution is 2.41. The molecule has 0 bridgehead atoms. The van der Waals surface area contributed by atoms with E-state index in [0.717, 1.165) is 11.1 Å². The lowest BCUT2D eigenvalue weighted by Gasteiger charge is -2.09. The standard InChI is InChI=1S/C15H12O3/c1-17-13-9-12(10-5-3-2-4-6-10)14(16)11-7-8-18-15(11)13/h2-9,16H,1H3. The number of phenolic OH excluding ortho intramolecular Hbond substituents is 1. The molecule has 0 aliphatic heterocycles. The van der Waals surface area contributed by atoms with Crippen molar-refractivity contribution in [3.8, 4) is 22.6 Å². The van der Waals surface area contributed by atoms with Gasteiger partial charge in [0.1, 0.15) is 5.75 Å². The van der Waals surface area contributed by atoms with Crippen molar-refractivity contribution in [2.24, 2.45) is 0 Å². The molecule has 90 valence electrons. The zero-order chi connectivity index (χ0) is 12.5. The molecule has 0 amide bonds. The minimum atomic E-state index is 0.214. The maximum atomic E-state index is 10.3. The summed E-state index contributed by atoms with van der Waals surface area (Å²) in [5, 5.41) is 11.0. The number of phenols is 1. The fourth-order valence-corrected chi connectivity index (χ4v) is 2.09. The predicted molar refractivity (Wildman–Crippen MR) is 69.9 cm³/mol. The Morgan fingerprint density at radius 1 is 1.11 bits per heavy atom. The van der Waals surface area contributed by atoms with E-state index in [-0.39, 0.29) is 5.75 Å². The Morgan fingerprint density at radius 3 is 2.61 bits per heavy atom. The number of fused-ring (bicyclic) bond motifs is 1. The van der Waals surface area contributed by atoms with Gasteiger partial charge in [-0.3, -0.25) is 0 Å². The first-order chi connectivity index (χ1) is 8.81. The molecule has 3 nitrogen and oxygen atoms in total. The van der Waals surface area contributed by atoms with Gasteiger partial charge in [0, 0.05) is 5.56 Å². The van der Waals surface area contributed by atoms with Crippen molar-refractivity contribution in [3.63, 3.8) is 0 Å². The lowest BCUT2D eigenvalue weighted by atomic mass is 10.0. The molecular formula is C15H12O3. The lowest BCUT2D eigenvalue weighted by Crippen LogP contribution is -1.86. The summed E-state index contributed by atoms with van der Waals surface area (Å²) in [5.41, 5.74) is 2.24. The normalized spacial score (nSPS) is 10.7. The summed E-state index contributed by atoms with van der Waals surface area (Å²) in [6.45, 7) is 0. The molecule has 18 heavy (non-hydrogen) atoms. The van der Waals surface area contributed by atoms with Crippen LogP contribution in [-0.2, 0) is 0 Å². The van der Waals surface area contributed by atoms with Crippen molar-refractivity contribution in [1.82, 2.24) is 0 Å². The van der Waals surface area contributed by atoms with Gasteiger partial charge in [-0.1, -0.05) is 30.3 Å². The first-order valence-corrected chi connectivity index (χ1v) is 5.64. The molecule has 0 radical (unpaired) electrons. The molecule has 0 unspecified atom stereocenters. The van der Waals surface area contributed by atoms with Crippen LogP contribution in [0.15, 0.2) is 53.1 Å². The summed E-state index contributed by atoms with van der Waals surface area (Å²) in [4.78, 5) is 0. The van der Waals surface area contributed by atoms with Gasteiger partial charge in [-0.2, -0.15) is 0 Å². The van der Waals surface area contributed by atoms with Crippen LogP contribution in [0.5, 0.6) is 11.5 Å². The van der Waals surface area contributed by atoms with E-state index in [1.165, 1.54) is 0 Å². The first kappa shape index (κ1) is 10.7. The van der Waals surface area contributed by atoms with Crippen LogP contribution in [0.3, 0.4) is 0 Å². The molecule has 0 saturated heterocycles. The van der Waals surface area contributed by atoms with Gasteiger partial charge < -0.3 is 14.3 Å². The van der Waals surface area contributed by atoms with Crippen molar-refractivity contribution >= 4 is 11.0 Å². The van der Waals surface area contributed by atoms with E-state index in [1.807, 2.05) is 30.3 Å². The third-order valence-electron chi connectivity index (χ3n) is 2.98. The number of furan rings is 1. The lowest BCUT2D eigenvalue weighted by molar-refractivity contribution is 0.409. The molecule has 1 N–H and O–H groups in total. The number of benzene rings is 2. The molecule has 0 aliphatic carbocycles. The van der Waals surface area contributed by atoms with E-state index in [1.54, 1.807) is 25.5 Å². The average Bonchev–Trinajstić information content (AvgIpc) is 2.90. The van der Waals surface area contributed by atoms with Crippen LogP contribution in [0.2, 0.25) is 0 Å². The summed E-state index contributed by atoms with van der Waals surface area (Å²) < 4.78 is 10.6. The summed E-state index contributed by atoms with van der Waals surface area (Å²) >= 11 is 0. The van der Waals surface area contributed by atoms with E-state index in [0.29, 0.717) is 16.7 Å². The van der Waals surface area contributed by atoms with Crippen molar-refractivity contribution in [2.45, 2.75) is 0 Å². The number of hydrogen-bond donors (Lipinski definition) is 1. The highest BCUT2D eigenvalue weighted by atomic mass is 16.5. The molecule has 1 heterocycles. The number of aromatic hydroxyl groups is 1. The van der Waals surface area contributed by atoms with E-state index < -0.39 is 0 Å². The van der Waals surface area contributed by atoms with E-state index in [4.69, 9.17) is 9.15 Å². The highest BCUT2D eigenvalue weighted by Gasteiger charge is 2.15. The van der Waals surface area contributed by atoms with Crippen LogP contribution in [-0.4, -0.2) is 12.2 Å². The third-order valence-corrected chi connectivity index (χ3v) is 2.98. The summed E-state index contributed by atoms with van der Waals surface area (Å²) in [5.74, 6) is 0.831. The predicted octanol–water partition coefficient (Wildman–Crippen LogP) is 3.81. The molecule has 2 aromatic carbocycles. The van der Waals surface area contributed by atoms with E-state index in [2.05, 4.69) is 0 Å². The zero-order valence-electron chi connectivity index (χ0n) is 9.88. The first-order valence-electron chi connectivity index (χ1n) is 5.64. The summed E-state index contributed by atoms with van der Waals surface area (Å²) in [6, 6.07) is 13.2. The number of rotatable bonds is 2. The van der Waals surface area contributed by atoms with Gasteiger partial charge in [0.15, 0.2) is 11.3 Å². The third kappa shape index (κ3) is 1.52. The van der Waals surface area contributed by atoms with Crippen LogP contribution in [0.1, 0.15) is 0 Å². The van der Waals surface area contributed by atoms with Gasteiger partial charge in [0.25, 0.3) is 0 Å². The average molecular weight is 240 g/mol. The summed E-state index contributed by atoms with van der Waals surface area (Å²) in [7, 11) is 1.59. The van der Waals surface area contributed by atoms with Crippen LogP contribution < -0.4 is 4.74 Å². The Bertz CT molecular complexity index is 684.